The van der Waals surface area contributed by atoms with Crippen LogP contribution < -0.4 is 0 Å². The Hall–Kier alpha value is 0.0131. The van der Waals surface area contributed by atoms with Crippen LogP contribution in [0, 0.1) is 6.07 Å². The average Bonchev–Trinajstić information content (AvgIpc) is 1.88. The first-order chi connectivity index (χ1) is 4.61. The van der Waals surface area contributed by atoms with Crippen LogP contribution >= 0.6 is 0 Å². The Morgan fingerprint density at radius 1 is 1.27 bits per heavy atom. The molecule has 1 rings (SSSR count). The van der Waals surface area contributed by atoms with E-state index in [1.165, 1.54) is 24.3 Å². The van der Waals surface area contributed by atoms with E-state index in [1.807, 2.05) is 0 Å². The summed E-state index contributed by atoms with van der Waals surface area (Å²) in [6.07, 6.45) is 0. The topological polar surface area (TPSA) is 54.4 Å². The zero-order chi connectivity index (χ0) is 7.61. The number of rotatable bonds is 1. The number of hydrogen-bond donors (Lipinski definition) is 1. The molecule has 0 fully saturated rings. The fourth-order valence-electron chi connectivity index (χ4n) is 0.544. The maximum atomic E-state index is 10.4. The van der Waals surface area contributed by atoms with Gasteiger partial charge in [0, 0.05) is 26.2 Å². The van der Waals surface area contributed by atoms with Crippen LogP contribution in [0.15, 0.2) is 29.2 Å². The van der Waals surface area contributed by atoms with Gasteiger partial charge in [-0.05, 0) is 18.2 Å². The zero-order valence-electron chi connectivity index (χ0n) is 5.48. The van der Waals surface area contributed by atoms with Gasteiger partial charge >= 0.3 is 0 Å². The third-order valence-corrected chi connectivity index (χ3v) is 1.85. The van der Waals surface area contributed by atoms with Gasteiger partial charge in [-0.3, -0.25) is 4.55 Å². The van der Waals surface area contributed by atoms with Crippen LogP contribution in [0.4, 0.5) is 0 Å². The molecule has 0 aromatic heterocycles. The molecule has 0 unspecified atom stereocenters. The summed E-state index contributed by atoms with van der Waals surface area (Å²) in [6.45, 7) is 0. The largest absolute Gasteiger partial charge is 0.294 e. The molecule has 0 aliphatic heterocycles. The van der Waals surface area contributed by atoms with E-state index in [0.717, 1.165) is 0 Å². The molecule has 3 nitrogen and oxygen atoms in total. The van der Waals surface area contributed by atoms with Gasteiger partial charge < -0.3 is 0 Å². The smallest absolute Gasteiger partial charge is 0.282 e. The molecule has 0 saturated heterocycles. The summed E-state index contributed by atoms with van der Waals surface area (Å²) in [7, 11) is -4.02. The van der Waals surface area contributed by atoms with Crippen molar-refractivity contribution in [3.63, 3.8) is 0 Å². The van der Waals surface area contributed by atoms with Gasteiger partial charge in [0.05, 0.1) is 4.90 Å². The van der Waals surface area contributed by atoms with Crippen LogP contribution in [0.2, 0.25) is 0 Å². The molecule has 5 heteroatoms. The van der Waals surface area contributed by atoms with Crippen LogP contribution in [0.25, 0.3) is 0 Å². The SMILES string of the molecule is O=S(=O)(O)c1cc[c]cc1.[Zr]. The van der Waals surface area contributed by atoms with E-state index in [9.17, 15) is 8.42 Å². The van der Waals surface area contributed by atoms with Crippen molar-refractivity contribution in [1.82, 2.24) is 0 Å². The molecular weight excluding hydrogens is 243 g/mol. The van der Waals surface area contributed by atoms with E-state index in [1.54, 1.807) is 0 Å². The van der Waals surface area contributed by atoms with Crippen molar-refractivity contribution in [2.75, 3.05) is 0 Å². The summed E-state index contributed by atoms with van der Waals surface area (Å²) in [5.74, 6) is 0. The van der Waals surface area contributed by atoms with Gasteiger partial charge in [-0.15, -0.1) is 0 Å². The Kier molecular flexibility index (Phi) is 4.15. The first-order valence-electron chi connectivity index (χ1n) is 2.54. The van der Waals surface area contributed by atoms with Crippen molar-refractivity contribution in [1.29, 1.82) is 0 Å². The van der Waals surface area contributed by atoms with Crippen molar-refractivity contribution in [3.05, 3.63) is 30.3 Å². The van der Waals surface area contributed by atoms with Gasteiger partial charge in [0.15, 0.2) is 0 Å². The molecule has 1 aromatic rings. The van der Waals surface area contributed by atoms with Crippen molar-refractivity contribution in [3.8, 4) is 0 Å². The van der Waals surface area contributed by atoms with Gasteiger partial charge in [-0.2, -0.15) is 8.42 Å². The van der Waals surface area contributed by atoms with Gasteiger partial charge in [-0.25, -0.2) is 0 Å². The fraction of sp³-hybridized carbons (Fsp3) is 0. The molecule has 0 amide bonds. The maximum absolute atomic E-state index is 10.4. The van der Waals surface area contributed by atoms with E-state index in [-0.39, 0.29) is 31.1 Å². The molecule has 0 heterocycles. The van der Waals surface area contributed by atoms with Crippen molar-refractivity contribution < 1.29 is 39.2 Å². The minimum atomic E-state index is -4.02. The summed E-state index contributed by atoms with van der Waals surface area (Å²) in [6, 6.07) is 8.02. The minimum Gasteiger partial charge on any atom is -0.282 e. The number of benzene rings is 1. The summed E-state index contributed by atoms with van der Waals surface area (Å²) in [4.78, 5) is -0.105. The van der Waals surface area contributed by atoms with Crippen LogP contribution in [0.1, 0.15) is 0 Å². The Bertz CT molecular complexity index is 306. The Labute approximate surface area is 84.3 Å². The molecule has 57 valence electrons. The van der Waals surface area contributed by atoms with Crippen LogP contribution in [0.3, 0.4) is 0 Å². The van der Waals surface area contributed by atoms with E-state index < -0.39 is 10.1 Å². The average molecular weight is 248 g/mol. The van der Waals surface area contributed by atoms with Crippen LogP contribution in [-0.2, 0) is 36.3 Å². The van der Waals surface area contributed by atoms with Crippen molar-refractivity contribution in [2.45, 2.75) is 4.90 Å². The summed E-state index contributed by atoms with van der Waals surface area (Å²) in [5.41, 5.74) is 0. The normalized spacial score (nSPS) is 10.3. The zero-order valence-corrected chi connectivity index (χ0v) is 8.76. The van der Waals surface area contributed by atoms with Crippen LogP contribution in [-0.4, -0.2) is 13.0 Å². The molecule has 0 saturated carbocycles. The van der Waals surface area contributed by atoms with Crippen LogP contribution in [0.5, 0.6) is 0 Å². The quantitative estimate of drug-likeness (QED) is 0.746. The first kappa shape index (κ1) is 11.0. The molecule has 0 aliphatic carbocycles. The molecule has 1 aromatic carbocycles. The fourth-order valence-corrected chi connectivity index (χ4v) is 1.02. The second-order valence-electron chi connectivity index (χ2n) is 1.71. The minimum absolute atomic E-state index is 0. The molecule has 0 atom stereocenters. The second kappa shape index (κ2) is 4.14. The molecule has 0 spiro atoms. The van der Waals surface area contributed by atoms with Gasteiger partial charge in [0.1, 0.15) is 0 Å². The van der Waals surface area contributed by atoms with E-state index >= 15 is 0 Å². The van der Waals surface area contributed by atoms with Crippen molar-refractivity contribution >= 4 is 10.1 Å². The van der Waals surface area contributed by atoms with Gasteiger partial charge in [-0.1, -0.05) is 12.1 Å². The summed E-state index contributed by atoms with van der Waals surface area (Å²) < 4.78 is 29.2. The predicted molar refractivity (Wildman–Crippen MR) is 35.1 cm³/mol. The Balaban J connectivity index is 0.000001000. The second-order valence-corrected chi connectivity index (χ2v) is 3.13. The van der Waals surface area contributed by atoms with E-state index in [0.29, 0.717) is 0 Å². The van der Waals surface area contributed by atoms with Crippen molar-refractivity contribution in [2.24, 2.45) is 0 Å². The molecule has 11 heavy (non-hydrogen) atoms. The first-order valence-corrected chi connectivity index (χ1v) is 3.98. The molecule has 1 N–H and O–H groups in total. The Morgan fingerprint density at radius 2 is 1.73 bits per heavy atom. The maximum Gasteiger partial charge on any atom is 0.294 e. The summed E-state index contributed by atoms with van der Waals surface area (Å²) in [5, 5.41) is 0. The third-order valence-electron chi connectivity index (χ3n) is 0.986. The molecule has 1 radical (unpaired) electrons. The van der Waals surface area contributed by atoms with Gasteiger partial charge in [0.2, 0.25) is 0 Å². The molecular formula is C6H5O3SZr. The molecule has 0 bridgehead atoms. The molecule has 0 aliphatic rings. The number of hydrogen-bond acceptors (Lipinski definition) is 2. The summed E-state index contributed by atoms with van der Waals surface area (Å²) >= 11 is 0. The van der Waals surface area contributed by atoms with E-state index in [2.05, 4.69) is 6.07 Å². The van der Waals surface area contributed by atoms with E-state index in [4.69, 9.17) is 4.55 Å². The monoisotopic (exact) mass is 247 g/mol. The third kappa shape index (κ3) is 3.27. The standard InChI is InChI=1S/C6H5O3S.Zr/c7-10(8,9)6-4-2-1-3-5-6;/h2-5H,(H,7,8,9);. The predicted octanol–water partition coefficient (Wildman–Crippen LogP) is 0.731. The Morgan fingerprint density at radius 3 is 2.00 bits per heavy atom. The van der Waals surface area contributed by atoms with Gasteiger partial charge in [0.25, 0.3) is 10.1 Å².